The fourth-order valence-electron chi connectivity index (χ4n) is 2.96. The molecule has 0 unspecified atom stereocenters. The number of quaternary nitrogens is 1. The maximum absolute atomic E-state index is 9.08. The zero-order chi connectivity index (χ0) is 12.7. The summed E-state index contributed by atoms with van der Waals surface area (Å²) in [4.78, 5) is 7.67. The Morgan fingerprint density at radius 1 is 1.06 bits per heavy atom. The largest absolute Gasteiger partial charge is 0.748 e. The standard InChI is InChI=1S/C8H17N4.CH4O3S/c1-2-12-6-9-3-10(7-12)5-11(4-9)8-12;1-5(2,3)4/h2-8H2,1H3;1H3,(H,2,3,4)/q+1;/p-1. The summed E-state index contributed by atoms with van der Waals surface area (Å²) in [5.74, 6) is 0. The number of hydrogen-bond donors (Lipinski definition) is 0. The van der Waals surface area contributed by atoms with Crippen LogP contribution < -0.4 is 0 Å². The van der Waals surface area contributed by atoms with Crippen molar-refractivity contribution in [3.63, 3.8) is 0 Å². The van der Waals surface area contributed by atoms with Gasteiger partial charge in [0, 0.05) is 6.26 Å². The van der Waals surface area contributed by atoms with Crippen molar-refractivity contribution in [1.29, 1.82) is 0 Å². The van der Waals surface area contributed by atoms with Crippen molar-refractivity contribution in [3.05, 3.63) is 0 Å². The molecular weight excluding hydrogens is 244 g/mol. The van der Waals surface area contributed by atoms with Gasteiger partial charge in [0.15, 0.2) is 0 Å². The molecule has 17 heavy (non-hydrogen) atoms. The van der Waals surface area contributed by atoms with Crippen LogP contribution in [-0.2, 0) is 10.1 Å². The molecule has 4 rings (SSSR count). The predicted molar refractivity (Wildman–Crippen MR) is 61.1 cm³/mol. The molecule has 0 aliphatic carbocycles. The Labute approximate surface area is 103 Å². The summed E-state index contributed by atoms with van der Waals surface area (Å²) in [6, 6.07) is 0. The van der Waals surface area contributed by atoms with Crippen molar-refractivity contribution >= 4 is 10.1 Å². The SMILES string of the molecule is CC[N+]12CN3CN(CN(C3)C1)C2.CS(=O)(=O)[O-]. The van der Waals surface area contributed by atoms with Gasteiger partial charge in [0.1, 0.15) is 20.0 Å². The summed E-state index contributed by atoms with van der Waals surface area (Å²) in [7, 11) is -3.92. The zero-order valence-corrected chi connectivity index (χ0v) is 11.2. The van der Waals surface area contributed by atoms with Crippen molar-refractivity contribution < 1.29 is 17.5 Å². The normalized spacial score (nSPS) is 43.1. The lowest BCUT2D eigenvalue weighted by Gasteiger charge is -2.60. The van der Waals surface area contributed by atoms with Crippen LogP contribution in [0.4, 0.5) is 0 Å². The van der Waals surface area contributed by atoms with Gasteiger partial charge in [-0.3, -0.25) is 4.48 Å². The highest BCUT2D eigenvalue weighted by molar-refractivity contribution is 7.84. The molecule has 0 aromatic rings. The van der Waals surface area contributed by atoms with Gasteiger partial charge in [0.2, 0.25) is 0 Å². The molecule has 100 valence electrons. The smallest absolute Gasteiger partial charge is 0.139 e. The molecule has 0 aromatic heterocycles. The second-order valence-corrected chi connectivity index (χ2v) is 6.63. The van der Waals surface area contributed by atoms with E-state index < -0.39 is 10.1 Å². The summed E-state index contributed by atoms with van der Waals surface area (Å²) in [6.07, 6.45) is 0.604. The van der Waals surface area contributed by atoms with Crippen molar-refractivity contribution in [3.8, 4) is 0 Å². The maximum atomic E-state index is 9.08. The van der Waals surface area contributed by atoms with E-state index in [1.165, 1.54) is 51.0 Å². The van der Waals surface area contributed by atoms with E-state index in [9.17, 15) is 0 Å². The van der Waals surface area contributed by atoms with E-state index in [1.807, 2.05) is 0 Å². The van der Waals surface area contributed by atoms with Gasteiger partial charge in [0.05, 0.1) is 36.7 Å². The first-order valence-electron chi connectivity index (χ1n) is 5.73. The first-order chi connectivity index (χ1) is 7.80. The minimum Gasteiger partial charge on any atom is -0.748 e. The van der Waals surface area contributed by atoms with Crippen molar-refractivity contribution in [1.82, 2.24) is 14.7 Å². The molecule has 4 saturated heterocycles. The molecule has 4 aliphatic heterocycles. The topological polar surface area (TPSA) is 66.9 Å². The Hall–Kier alpha value is -0.250. The molecule has 4 bridgehead atoms. The van der Waals surface area contributed by atoms with Crippen molar-refractivity contribution in [2.24, 2.45) is 0 Å². The van der Waals surface area contributed by atoms with Gasteiger partial charge < -0.3 is 4.55 Å². The van der Waals surface area contributed by atoms with Crippen LogP contribution in [0.1, 0.15) is 6.92 Å². The van der Waals surface area contributed by atoms with Crippen LogP contribution in [0, 0.1) is 0 Å². The van der Waals surface area contributed by atoms with E-state index in [1.54, 1.807) is 0 Å². The molecule has 4 fully saturated rings. The van der Waals surface area contributed by atoms with Crippen LogP contribution in [0.2, 0.25) is 0 Å². The fraction of sp³-hybridized carbons (Fsp3) is 1.00. The van der Waals surface area contributed by atoms with Crippen molar-refractivity contribution in [2.75, 3.05) is 52.8 Å². The van der Waals surface area contributed by atoms with Crippen LogP contribution in [0.5, 0.6) is 0 Å². The Kier molecular flexibility index (Phi) is 3.45. The minimum absolute atomic E-state index is 0.604. The van der Waals surface area contributed by atoms with Gasteiger partial charge in [-0.25, -0.2) is 23.1 Å². The van der Waals surface area contributed by atoms with Crippen LogP contribution in [0.15, 0.2) is 0 Å². The van der Waals surface area contributed by atoms with Gasteiger partial charge in [0.25, 0.3) is 0 Å². The lowest BCUT2D eigenvalue weighted by atomic mass is 10.3. The predicted octanol–water partition coefficient (Wildman–Crippen LogP) is -1.32. The molecule has 4 heterocycles. The summed E-state index contributed by atoms with van der Waals surface area (Å²) in [5, 5.41) is 0. The lowest BCUT2D eigenvalue weighted by molar-refractivity contribution is -0.978. The van der Waals surface area contributed by atoms with Gasteiger partial charge in [-0.15, -0.1) is 0 Å². The molecule has 0 atom stereocenters. The molecule has 0 N–H and O–H groups in total. The molecule has 4 aliphatic rings. The maximum Gasteiger partial charge on any atom is 0.139 e. The molecule has 0 saturated carbocycles. The molecule has 7 nitrogen and oxygen atoms in total. The van der Waals surface area contributed by atoms with Gasteiger partial charge in [-0.2, -0.15) is 0 Å². The Morgan fingerprint density at radius 2 is 1.35 bits per heavy atom. The van der Waals surface area contributed by atoms with Crippen molar-refractivity contribution in [2.45, 2.75) is 6.92 Å². The van der Waals surface area contributed by atoms with Gasteiger partial charge in [-0.05, 0) is 6.92 Å². The van der Waals surface area contributed by atoms with E-state index >= 15 is 0 Å². The monoisotopic (exact) mass is 264 g/mol. The fourth-order valence-corrected chi connectivity index (χ4v) is 2.96. The molecule has 8 heteroatoms. The molecular formula is C9H20N4O3S. The lowest BCUT2D eigenvalue weighted by Crippen LogP contribution is -2.79. The number of rotatable bonds is 1. The van der Waals surface area contributed by atoms with E-state index in [-0.39, 0.29) is 0 Å². The van der Waals surface area contributed by atoms with Gasteiger partial charge >= 0.3 is 0 Å². The number of hydrogen-bond acceptors (Lipinski definition) is 6. The number of nitrogens with zero attached hydrogens (tertiary/aromatic N) is 4. The summed E-state index contributed by atoms with van der Waals surface area (Å²) >= 11 is 0. The highest BCUT2D eigenvalue weighted by atomic mass is 32.2. The third kappa shape index (κ3) is 3.36. The molecule has 0 radical (unpaired) electrons. The minimum atomic E-state index is -3.92. The van der Waals surface area contributed by atoms with Crippen LogP contribution in [0.25, 0.3) is 0 Å². The molecule has 0 amide bonds. The summed E-state index contributed by atoms with van der Waals surface area (Å²) in [5.41, 5.74) is 0. The quantitative estimate of drug-likeness (QED) is 0.432. The Morgan fingerprint density at radius 3 is 1.59 bits per heavy atom. The first kappa shape index (κ1) is 13.2. The van der Waals surface area contributed by atoms with E-state index in [2.05, 4.69) is 21.6 Å². The average Bonchev–Trinajstić information content (AvgIpc) is 2.12. The van der Waals surface area contributed by atoms with E-state index in [0.29, 0.717) is 6.26 Å². The zero-order valence-electron chi connectivity index (χ0n) is 10.4. The second kappa shape index (κ2) is 4.45. The molecule has 0 spiro atoms. The second-order valence-electron chi connectivity index (χ2n) is 5.22. The highest BCUT2D eigenvalue weighted by Crippen LogP contribution is 2.27. The summed E-state index contributed by atoms with van der Waals surface area (Å²) in [6.45, 7) is 11.1. The van der Waals surface area contributed by atoms with Crippen LogP contribution in [0.3, 0.4) is 0 Å². The van der Waals surface area contributed by atoms with E-state index in [4.69, 9.17) is 13.0 Å². The highest BCUT2D eigenvalue weighted by Gasteiger charge is 2.47. The third-order valence-corrected chi connectivity index (χ3v) is 3.37. The average molecular weight is 264 g/mol. The van der Waals surface area contributed by atoms with Crippen LogP contribution in [-0.4, -0.2) is 85.0 Å². The summed E-state index contributed by atoms with van der Waals surface area (Å²) < 4.78 is 28.5. The first-order valence-corrected chi connectivity index (χ1v) is 7.54. The Bertz CT molecular complexity index is 340. The van der Waals surface area contributed by atoms with Crippen LogP contribution >= 0.6 is 0 Å². The van der Waals surface area contributed by atoms with E-state index in [0.717, 1.165) is 0 Å². The molecule has 0 aromatic carbocycles. The van der Waals surface area contributed by atoms with Gasteiger partial charge in [-0.1, -0.05) is 0 Å². The Balaban J connectivity index is 0.000000188. The third-order valence-electron chi connectivity index (χ3n) is 3.37.